The maximum Gasteiger partial charge on any atom is 0.141 e. The number of para-hydroxylation sites is 1. The summed E-state index contributed by atoms with van der Waals surface area (Å²) in [6.45, 7) is 0. The second-order valence-corrected chi connectivity index (χ2v) is 5.33. The zero-order chi connectivity index (χ0) is 13.2. The quantitative estimate of drug-likeness (QED) is 0.915. The minimum Gasteiger partial charge on any atom is -0.327 e. The van der Waals surface area contributed by atoms with Gasteiger partial charge in [-0.1, -0.05) is 24.6 Å². The van der Waals surface area contributed by atoms with Gasteiger partial charge in [0.25, 0.3) is 0 Å². The Kier molecular flexibility index (Phi) is 3.30. The van der Waals surface area contributed by atoms with Crippen LogP contribution in [-0.4, -0.2) is 16.8 Å². The van der Waals surface area contributed by atoms with Crippen LogP contribution in [0.4, 0.5) is 0 Å². The average Bonchev–Trinajstić information content (AvgIpc) is 2.85. The largest absolute Gasteiger partial charge is 0.327 e. The first-order valence-corrected chi connectivity index (χ1v) is 6.86. The molecule has 1 aromatic heterocycles. The van der Waals surface area contributed by atoms with Crippen molar-refractivity contribution in [2.45, 2.75) is 31.7 Å². The number of hydrogen-bond donors (Lipinski definition) is 1. The number of nitrogens with zero attached hydrogens (tertiary/aromatic N) is 1. The molecular weight excluding hydrogens is 236 g/mol. The van der Waals surface area contributed by atoms with Gasteiger partial charge in [-0.15, -0.1) is 0 Å². The molecule has 1 heterocycles. The first-order chi connectivity index (χ1) is 9.25. The first-order valence-electron chi connectivity index (χ1n) is 6.86. The maximum atomic E-state index is 12.4. The zero-order valence-electron chi connectivity index (χ0n) is 10.9. The molecule has 0 aliphatic heterocycles. The van der Waals surface area contributed by atoms with Gasteiger partial charge in [0.1, 0.15) is 5.78 Å². The first kappa shape index (κ1) is 12.3. The SMILES string of the molecule is NC1CCCC1C(=O)Cc1ccnc2ccccc12. The Morgan fingerprint density at radius 1 is 1.26 bits per heavy atom. The monoisotopic (exact) mass is 254 g/mol. The molecule has 3 rings (SSSR count). The van der Waals surface area contributed by atoms with E-state index in [4.69, 9.17) is 5.73 Å². The van der Waals surface area contributed by atoms with Gasteiger partial charge in [-0.3, -0.25) is 9.78 Å². The van der Waals surface area contributed by atoms with Crippen molar-refractivity contribution in [3.8, 4) is 0 Å². The van der Waals surface area contributed by atoms with Crippen LogP contribution in [0, 0.1) is 5.92 Å². The molecule has 1 fully saturated rings. The Balaban J connectivity index is 1.87. The smallest absolute Gasteiger partial charge is 0.141 e. The molecule has 0 spiro atoms. The predicted molar refractivity (Wildman–Crippen MR) is 75.8 cm³/mol. The fourth-order valence-electron chi connectivity index (χ4n) is 3.02. The molecule has 19 heavy (non-hydrogen) atoms. The molecule has 0 radical (unpaired) electrons. The van der Waals surface area contributed by atoms with E-state index in [1.165, 1.54) is 0 Å². The molecule has 1 saturated carbocycles. The summed E-state index contributed by atoms with van der Waals surface area (Å²) in [5.41, 5.74) is 8.03. The number of ketones is 1. The summed E-state index contributed by atoms with van der Waals surface area (Å²) in [6.07, 6.45) is 5.26. The van der Waals surface area contributed by atoms with Crippen LogP contribution < -0.4 is 5.73 Å². The third-order valence-corrected chi connectivity index (χ3v) is 4.09. The minimum absolute atomic E-state index is 0.0481. The number of benzene rings is 1. The number of rotatable bonds is 3. The molecule has 2 atom stereocenters. The topological polar surface area (TPSA) is 56.0 Å². The van der Waals surface area contributed by atoms with E-state index in [1.807, 2.05) is 30.3 Å². The van der Waals surface area contributed by atoms with Gasteiger partial charge >= 0.3 is 0 Å². The third-order valence-electron chi connectivity index (χ3n) is 4.09. The highest BCUT2D eigenvalue weighted by atomic mass is 16.1. The lowest BCUT2D eigenvalue weighted by Gasteiger charge is -2.14. The van der Waals surface area contributed by atoms with Crippen LogP contribution in [0.25, 0.3) is 10.9 Å². The maximum absolute atomic E-state index is 12.4. The number of Topliss-reactive ketones (excluding diaryl/α,β-unsaturated/α-hetero) is 1. The molecule has 98 valence electrons. The highest BCUT2D eigenvalue weighted by molar-refractivity contribution is 5.90. The average molecular weight is 254 g/mol. The van der Waals surface area contributed by atoms with Gasteiger partial charge in [-0.05, 0) is 30.5 Å². The molecule has 2 aromatic rings. The summed E-state index contributed by atoms with van der Waals surface area (Å²) >= 11 is 0. The Hall–Kier alpha value is -1.74. The van der Waals surface area contributed by atoms with Crippen LogP contribution in [0.1, 0.15) is 24.8 Å². The van der Waals surface area contributed by atoms with Crippen LogP contribution in [0.5, 0.6) is 0 Å². The molecule has 0 saturated heterocycles. The molecule has 3 heteroatoms. The summed E-state index contributed by atoms with van der Waals surface area (Å²) in [5.74, 6) is 0.327. The second kappa shape index (κ2) is 5.10. The summed E-state index contributed by atoms with van der Waals surface area (Å²) in [7, 11) is 0. The summed E-state index contributed by atoms with van der Waals surface area (Å²) in [5, 5.41) is 1.07. The van der Waals surface area contributed by atoms with E-state index >= 15 is 0 Å². The Morgan fingerprint density at radius 2 is 2.11 bits per heavy atom. The van der Waals surface area contributed by atoms with Crippen LogP contribution in [0.3, 0.4) is 0 Å². The van der Waals surface area contributed by atoms with Gasteiger partial charge in [0.15, 0.2) is 0 Å². The van der Waals surface area contributed by atoms with Crippen molar-refractivity contribution < 1.29 is 4.79 Å². The number of aromatic nitrogens is 1. The van der Waals surface area contributed by atoms with Crippen LogP contribution in [0.15, 0.2) is 36.5 Å². The van der Waals surface area contributed by atoms with E-state index in [-0.39, 0.29) is 17.7 Å². The van der Waals surface area contributed by atoms with E-state index in [0.29, 0.717) is 6.42 Å². The zero-order valence-corrected chi connectivity index (χ0v) is 10.9. The van der Waals surface area contributed by atoms with Crippen molar-refractivity contribution >= 4 is 16.7 Å². The molecule has 0 bridgehead atoms. The normalized spacial score (nSPS) is 22.8. The van der Waals surface area contributed by atoms with Crippen molar-refractivity contribution in [3.05, 3.63) is 42.1 Å². The number of pyridine rings is 1. The van der Waals surface area contributed by atoms with E-state index in [1.54, 1.807) is 6.20 Å². The van der Waals surface area contributed by atoms with Gasteiger partial charge in [-0.25, -0.2) is 0 Å². The Bertz CT molecular complexity index is 603. The van der Waals surface area contributed by atoms with Crippen molar-refractivity contribution in [1.82, 2.24) is 4.98 Å². The molecule has 0 amide bonds. The fourth-order valence-corrected chi connectivity index (χ4v) is 3.02. The number of nitrogens with two attached hydrogens (primary N) is 1. The van der Waals surface area contributed by atoms with Gasteiger partial charge in [0.2, 0.25) is 0 Å². The Labute approximate surface area is 112 Å². The van der Waals surface area contributed by atoms with Crippen molar-refractivity contribution in [3.63, 3.8) is 0 Å². The summed E-state index contributed by atoms with van der Waals surface area (Å²) in [6, 6.07) is 9.96. The molecular formula is C16H18N2O. The predicted octanol–water partition coefficient (Wildman–Crippen LogP) is 2.47. The number of carbonyl (C=O) groups is 1. The van der Waals surface area contributed by atoms with Crippen LogP contribution in [-0.2, 0) is 11.2 Å². The molecule has 2 unspecified atom stereocenters. The lowest BCUT2D eigenvalue weighted by Crippen LogP contribution is -2.31. The second-order valence-electron chi connectivity index (χ2n) is 5.33. The summed E-state index contributed by atoms with van der Waals surface area (Å²) in [4.78, 5) is 16.7. The molecule has 2 N–H and O–H groups in total. The van der Waals surface area contributed by atoms with Gasteiger partial charge in [0.05, 0.1) is 5.52 Å². The standard InChI is InChI=1S/C16H18N2O/c17-14-6-3-5-13(14)16(19)10-11-8-9-18-15-7-2-1-4-12(11)15/h1-2,4,7-9,13-14H,3,5-6,10,17H2. The minimum atomic E-state index is 0.0481. The van der Waals surface area contributed by atoms with E-state index < -0.39 is 0 Å². The van der Waals surface area contributed by atoms with Crippen LogP contribution in [0.2, 0.25) is 0 Å². The van der Waals surface area contributed by atoms with Crippen LogP contribution >= 0.6 is 0 Å². The van der Waals surface area contributed by atoms with Gasteiger partial charge in [0, 0.05) is 30.0 Å². The molecule has 1 aliphatic carbocycles. The highest BCUT2D eigenvalue weighted by Gasteiger charge is 2.30. The molecule has 1 aromatic carbocycles. The lowest BCUT2D eigenvalue weighted by molar-refractivity contribution is -0.122. The van der Waals surface area contributed by atoms with E-state index in [0.717, 1.165) is 35.7 Å². The third kappa shape index (κ3) is 2.38. The Morgan fingerprint density at radius 3 is 2.89 bits per heavy atom. The van der Waals surface area contributed by atoms with Crippen molar-refractivity contribution in [2.24, 2.45) is 11.7 Å². The summed E-state index contributed by atoms with van der Waals surface area (Å²) < 4.78 is 0. The van der Waals surface area contributed by atoms with Gasteiger partial charge < -0.3 is 5.73 Å². The fraction of sp³-hybridized carbons (Fsp3) is 0.375. The van der Waals surface area contributed by atoms with Crippen molar-refractivity contribution in [1.29, 1.82) is 0 Å². The van der Waals surface area contributed by atoms with Crippen molar-refractivity contribution in [2.75, 3.05) is 0 Å². The van der Waals surface area contributed by atoms with E-state index in [9.17, 15) is 4.79 Å². The molecule has 1 aliphatic rings. The highest BCUT2D eigenvalue weighted by Crippen LogP contribution is 2.27. The number of fused-ring (bicyclic) bond motifs is 1. The molecule has 3 nitrogen and oxygen atoms in total. The lowest BCUT2D eigenvalue weighted by atomic mass is 9.93. The van der Waals surface area contributed by atoms with Gasteiger partial charge in [-0.2, -0.15) is 0 Å². The number of hydrogen-bond acceptors (Lipinski definition) is 3. The van der Waals surface area contributed by atoms with E-state index in [2.05, 4.69) is 4.98 Å². The number of carbonyl (C=O) groups excluding carboxylic acids is 1.